The van der Waals surface area contributed by atoms with Gasteiger partial charge < -0.3 is 20.1 Å². The summed E-state index contributed by atoms with van der Waals surface area (Å²) in [6.07, 6.45) is 5.19. The Bertz CT molecular complexity index is 543. The van der Waals surface area contributed by atoms with E-state index in [0.29, 0.717) is 18.9 Å². The number of nitrogens with two attached hydrogens (primary N) is 1. The van der Waals surface area contributed by atoms with Gasteiger partial charge in [0, 0.05) is 25.2 Å². The molecule has 1 aromatic carbocycles. The molecule has 0 aliphatic carbocycles. The standard InChI is InChI=1S/C17H24N2O3/c1-3-10-22-15-6-4-13(11-16(15)21-2)5-7-17(20)19-9-8-14(18)12-19/h4-7,11,14H,3,8-10,12,18H2,1-2H3/t14-/m0/s1. The van der Waals surface area contributed by atoms with Gasteiger partial charge in [-0.05, 0) is 36.6 Å². The zero-order valence-corrected chi connectivity index (χ0v) is 13.2. The molecule has 1 aliphatic heterocycles. The Balaban J connectivity index is 2.02. The zero-order valence-electron chi connectivity index (χ0n) is 13.2. The van der Waals surface area contributed by atoms with Crippen LogP contribution in [-0.4, -0.2) is 43.7 Å². The summed E-state index contributed by atoms with van der Waals surface area (Å²) in [6, 6.07) is 5.74. The number of nitrogens with zero attached hydrogens (tertiary/aromatic N) is 1. The molecule has 0 bridgehead atoms. The normalized spacial score (nSPS) is 18.0. The van der Waals surface area contributed by atoms with E-state index in [2.05, 4.69) is 6.92 Å². The average molecular weight is 304 g/mol. The van der Waals surface area contributed by atoms with Crippen molar-refractivity contribution in [1.82, 2.24) is 4.90 Å². The van der Waals surface area contributed by atoms with Gasteiger partial charge in [-0.15, -0.1) is 0 Å². The van der Waals surface area contributed by atoms with Gasteiger partial charge in [-0.25, -0.2) is 0 Å². The summed E-state index contributed by atoms with van der Waals surface area (Å²) < 4.78 is 10.9. The van der Waals surface area contributed by atoms with E-state index in [1.54, 1.807) is 24.2 Å². The van der Waals surface area contributed by atoms with Gasteiger partial charge in [0.1, 0.15) is 0 Å². The van der Waals surface area contributed by atoms with Crippen LogP contribution in [0.25, 0.3) is 6.08 Å². The summed E-state index contributed by atoms with van der Waals surface area (Å²) in [5.41, 5.74) is 6.72. The van der Waals surface area contributed by atoms with Crippen molar-refractivity contribution in [2.24, 2.45) is 5.73 Å². The number of ether oxygens (including phenoxy) is 2. The van der Waals surface area contributed by atoms with Crippen molar-refractivity contribution in [1.29, 1.82) is 0 Å². The fourth-order valence-corrected chi connectivity index (χ4v) is 2.38. The van der Waals surface area contributed by atoms with Gasteiger partial charge in [0.2, 0.25) is 5.91 Å². The molecule has 1 fully saturated rings. The van der Waals surface area contributed by atoms with Crippen molar-refractivity contribution in [2.75, 3.05) is 26.8 Å². The third kappa shape index (κ3) is 4.24. The maximum atomic E-state index is 12.1. The fourth-order valence-electron chi connectivity index (χ4n) is 2.38. The van der Waals surface area contributed by atoms with Crippen molar-refractivity contribution in [3.63, 3.8) is 0 Å². The monoisotopic (exact) mass is 304 g/mol. The minimum Gasteiger partial charge on any atom is -0.493 e. The fraction of sp³-hybridized carbons (Fsp3) is 0.471. The van der Waals surface area contributed by atoms with Crippen molar-refractivity contribution in [2.45, 2.75) is 25.8 Å². The molecule has 5 heteroatoms. The van der Waals surface area contributed by atoms with Crippen LogP contribution in [0.3, 0.4) is 0 Å². The third-order valence-electron chi connectivity index (χ3n) is 3.60. The first-order chi connectivity index (χ1) is 10.6. The molecule has 1 amide bonds. The van der Waals surface area contributed by atoms with Gasteiger partial charge in [0.15, 0.2) is 11.5 Å². The molecule has 22 heavy (non-hydrogen) atoms. The second-order valence-electron chi connectivity index (χ2n) is 5.43. The highest BCUT2D eigenvalue weighted by molar-refractivity contribution is 5.92. The Morgan fingerprint density at radius 3 is 2.91 bits per heavy atom. The predicted octanol–water partition coefficient (Wildman–Crippen LogP) is 2.06. The Hall–Kier alpha value is -2.01. The zero-order chi connectivity index (χ0) is 15.9. The summed E-state index contributed by atoms with van der Waals surface area (Å²) in [6.45, 7) is 4.08. The Morgan fingerprint density at radius 1 is 1.45 bits per heavy atom. The highest BCUT2D eigenvalue weighted by Gasteiger charge is 2.21. The SMILES string of the molecule is CCCOc1ccc(C=CC(=O)N2CC[C@H](N)C2)cc1OC. The number of hydrogen-bond donors (Lipinski definition) is 1. The molecule has 1 atom stereocenters. The molecular weight excluding hydrogens is 280 g/mol. The average Bonchev–Trinajstić information content (AvgIpc) is 2.97. The second kappa shape index (κ2) is 7.84. The lowest BCUT2D eigenvalue weighted by atomic mass is 10.2. The van der Waals surface area contributed by atoms with E-state index in [4.69, 9.17) is 15.2 Å². The molecule has 1 aromatic rings. The largest absolute Gasteiger partial charge is 0.493 e. The van der Waals surface area contributed by atoms with Crippen LogP contribution in [-0.2, 0) is 4.79 Å². The van der Waals surface area contributed by atoms with Gasteiger partial charge in [0.25, 0.3) is 0 Å². The van der Waals surface area contributed by atoms with Crippen molar-refractivity contribution >= 4 is 12.0 Å². The van der Waals surface area contributed by atoms with Gasteiger partial charge in [-0.2, -0.15) is 0 Å². The number of rotatable bonds is 6. The Labute approximate surface area is 131 Å². The van der Waals surface area contributed by atoms with Crippen molar-refractivity contribution < 1.29 is 14.3 Å². The van der Waals surface area contributed by atoms with E-state index in [9.17, 15) is 4.79 Å². The lowest BCUT2D eigenvalue weighted by Crippen LogP contribution is -2.30. The Kier molecular flexibility index (Phi) is 5.83. The summed E-state index contributed by atoms with van der Waals surface area (Å²) in [4.78, 5) is 13.8. The van der Waals surface area contributed by atoms with Crippen LogP contribution >= 0.6 is 0 Å². The molecule has 0 spiro atoms. The minimum atomic E-state index is -0.00164. The van der Waals surface area contributed by atoms with E-state index in [0.717, 1.165) is 30.7 Å². The smallest absolute Gasteiger partial charge is 0.246 e. The maximum Gasteiger partial charge on any atom is 0.246 e. The molecule has 1 aliphatic rings. The molecule has 0 aromatic heterocycles. The molecule has 5 nitrogen and oxygen atoms in total. The van der Waals surface area contributed by atoms with Crippen LogP contribution in [0.15, 0.2) is 24.3 Å². The summed E-state index contributed by atoms with van der Waals surface area (Å²) in [5, 5.41) is 0. The quantitative estimate of drug-likeness (QED) is 0.817. The van der Waals surface area contributed by atoms with Crippen LogP contribution in [0.4, 0.5) is 0 Å². The molecule has 0 radical (unpaired) electrons. The number of methoxy groups -OCH3 is 1. The molecule has 0 saturated carbocycles. The molecular formula is C17H24N2O3. The van der Waals surface area contributed by atoms with Crippen LogP contribution < -0.4 is 15.2 Å². The lowest BCUT2D eigenvalue weighted by molar-refractivity contribution is -0.124. The van der Waals surface area contributed by atoms with E-state index < -0.39 is 0 Å². The number of carbonyl (C=O) groups excluding carboxylic acids is 1. The highest BCUT2D eigenvalue weighted by Crippen LogP contribution is 2.28. The van der Waals surface area contributed by atoms with Crippen LogP contribution in [0.5, 0.6) is 11.5 Å². The number of benzene rings is 1. The van der Waals surface area contributed by atoms with E-state index in [-0.39, 0.29) is 11.9 Å². The number of hydrogen-bond acceptors (Lipinski definition) is 4. The molecule has 1 heterocycles. The van der Waals surface area contributed by atoms with Crippen molar-refractivity contribution in [3.05, 3.63) is 29.8 Å². The minimum absolute atomic E-state index is 0.00164. The highest BCUT2D eigenvalue weighted by atomic mass is 16.5. The summed E-state index contributed by atoms with van der Waals surface area (Å²) >= 11 is 0. The number of carbonyl (C=O) groups is 1. The van der Waals surface area contributed by atoms with Crippen LogP contribution in [0, 0.1) is 0 Å². The van der Waals surface area contributed by atoms with Gasteiger partial charge >= 0.3 is 0 Å². The summed E-state index contributed by atoms with van der Waals surface area (Å²) in [7, 11) is 1.61. The van der Waals surface area contributed by atoms with Gasteiger partial charge in [-0.3, -0.25) is 4.79 Å². The second-order valence-corrected chi connectivity index (χ2v) is 5.43. The number of amides is 1. The Morgan fingerprint density at radius 2 is 2.27 bits per heavy atom. The topological polar surface area (TPSA) is 64.8 Å². The lowest BCUT2D eigenvalue weighted by Gasteiger charge is -2.13. The van der Waals surface area contributed by atoms with E-state index >= 15 is 0 Å². The number of likely N-dealkylation sites (tertiary alicyclic amines) is 1. The summed E-state index contributed by atoms with van der Waals surface area (Å²) in [5.74, 6) is 1.39. The van der Waals surface area contributed by atoms with Crippen LogP contribution in [0.1, 0.15) is 25.3 Å². The van der Waals surface area contributed by atoms with Gasteiger partial charge in [0.05, 0.1) is 13.7 Å². The van der Waals surface area contributed by atoms with E-state index in [1.165, 1.54) is 0 Å². The third-order valence-corrected chi connectivity index (χ3v) is 3.60. The molecule has 0 unspecified atom stereocenters. The van der Waals surface area contributed by atoms with Crippen molar-refractivity contribution in [3.8, 4) is 11.5 Å². The molecule has 1 saturated heterocycles. The molecule has 2 rings (SSSR count). The first kappa shape index (κ1) is 16.4. The molecule has 2 N–H and O–H groups in total. The predicted molar refractivity (Wildman–Crippen MR) is 87.0 cm³/mol. The first-order valence-corrected chi connectivity index (χ1v) is 7.67. The van der Waals surface area contributed by atoms with E-state index in [1.807, 2.05) is 18.2 Å². The first-order valence-electron chi connectivity index (χ1n) is 7.67. The maximum absolute atomic E-state index is 12.1. The van der Waals surface area contributed by atoms with Gasteiger partial charge in [-0.1, -0.05) is 13.0 Å². The molecule has 120 valence electrons. The van der Waals surface area contributed by atoms with Crippen LogP contribution in [0.2, 0.25) is 0 Å².